The minimum atomic E-state index is 0.200. The molecule has 3 saturated heterocycles. The summed E-state index contributed by atoms with van der Waals surface area (Å²) in [4.78, 5) is 19.8. The van der Waals surface area contributed by atoms with Crippen LogP contribution in [0.4, 0.5) is 5.69 Å². The first-order valence-electron chi connectivity index (χ1n) is 9.71. The number of benzene rings is 1. The molecule has 3 aliphatic rings. The molecule has 1 aromatic rings. The Hall–Kier alpha value is -1.59. The Labute approximate surface area is 151 Å². The van der Waals surface area contributed by atoms with Crippen molar-refractivity contribution in [3.63, 3.8) is 0 Å². The van der Waals surface area contributed by atoms with Crippen molar-refractivity contribution in [2.45, 2.75) is 19.9 Å². The average Bonchev–Trinajstić information content (AvgIpc) is 3.23. The Morgan fingerprint density at radius 2 is 1.60 bits per heavy atom. The van der Waals surface area contributed by atoms with Gasteiger partial charge >= 0.3 is 0 Å². The first-order chi connectivity index (χ1) is 12.1. The molecule has 136 valence electrons. The lowest BCUT2D eigenvalue weighted by Crippen LogP contribution is -2.48. The summed E-state index contributed by atoms with van der Waals surface area (Å²) in [7, 11) is 0. The predicted molar refractivity (Wildman–Crippen MR) is 101 cm³/mol. The van der Waals surface area contributed by atoms with Crippen LogP contribution in [0.5, 0.6) is 0 Å². The van der Waals surface area contributed by atoms with Crippen molar-refractivity contribution < 1.29 is 4.79 Å². The van der Waals surface area contributed by atoms with E-state index in [9.17, 15) is 4.79 Å². The molecule has 4 rings (SSSR count). The van der Waals surface area contributed by atoms with Crippen LogP contribution in [0.2, 0.25) is 0 Å². The fourth-order valence-electron chi connectivity index (χ4n) is 4.52. The lowest BCUT2D eigenvalue weighted by molar-refractivity contribution is 0.0781. The van der Waals surface area contributed by atoms with E-state index in [0.29, 0.717) is 17.9 Å². The van der Waals surface area contributed by atoms with E-state index in [4.69, 9.17) is 0 Å². The molecular formula is C20H30N4O. The Morgan fingerprint density at radius 1 is 1.00 bits per heavy atom. The van der Waals surface area contributed by atoms with Gasteiger partial charge in [0.05, 0.1) is 0 Å². The van der Waals surface area contributed by atoms with Gasteiger partial charge in [-0.15, -0.1) is 0 Å². The highest BCUT2D eigenvalue weighted by Crippen LogP contribution is 2.28. The van der Waals surface area contributed by atoms with E-state index in [1.54, 1.807) is 0 Å². The summed E-state index contributed by atoms with van der Waals surface area (Å²) in [5.41, 5.74) is 2.07. The van der Waals surface area contributed by atoms with Crippen LogP contribution in [0.25, 0.3) is 0 Å². The van der Waals surface area contributed by atoms with Gasteiger partial charge in [0.1, 0.15) is 0 Å². The largest absolute Gasteiger partial charge is 0.369 e. The standard InChI is InChI=1S/C20H30N4O/c1-15(2)22-7-9-23(10-8-22)19-5-3-16(4-6-19)20(25)24-13-17-11-21-12-18(17)14-24/h3-6,15,17-18,21H,7-14H2,1-2H3/t17-,18+. The van der Waals surface area contributed by atoms with Crippen molar-refractivity contribution in [1.82, 2.24) is 15.1 Å². The second-order valence-electron chi connectivity index (χ2n) is 8.05. The maximum absolute atomic E-state index is 12.8. The van der Waals surface area contributed by atoms with Crippen molar-refractivity contribution in [2.24, 2.45) is 11.8 Å². The van der Waals surface area contributed by atoms with Crippen LogP contribution in [0, 0.1) is 11.8 Å². The molecule has 0 spiro atoms. The second-order valence-corrected chi connectivity index (χ2v) is 8.05. The van der Waals surface area contributed by atoms with Gasteiger partial charge in [-0.3, -0.25) is 9.69 Å². The van der Waals surface area contributed by atoms with Crippen LogP contribution < -0.4 is 10.2 Å². The lowest BCUT2D eigenvalue weighted by Gasteiger charge is -2.38. The molecule has 0 radical (unpaired) electrons. The summed E-state index contributed by atoms with van der Waals surface area (Å²) in [6, 6.07) is 8.89. The molecule has 3 fully saturated rings. The first kappa shape index (κ1) is 16.9. The molecular weight excluding hydrogens is 312 g/mol. The first-order valence-corrected chi connectivity index (χ1v) is 9.71. The van der Waals surface area contributed by atoms with Gasteiger partial charge < -0.3 is 15.1 Å². The van der Waals surface area contributed by atoms with Gasteiger partial charge in [-0.05, 0) is 49.9 Å². The molecule has 2 atom stereocenters. The molecule has 3 heterocycles. The van der Waals surface area contributed by atoms with E-state index in [1.165, 1.54) is 5.69 Å². The molecule has 1 N–H and O–H groups in total. The highest BCUT2D eigenvalue weighted by Gasteiger charge is 2.38. The SMILES string of the molecule is CC(C)N1CCN(c2ccc(C(=O)N3C[C@H]4CNC[C@H]4C3)cc2)CC1. The number of carbonyl (C=O) groups is 1. The molecule has 0 saturated carbocycles. The zero-order valence-electron chi connectivity index (χ0n) is 15.4. The molecule has 0 unspecified atom stereocenters. The number of rotatable bonds is 3. The quantitative estimate of drug-likeness (QED) is 0.904. The Kier molecular flexibility index (Phi) is 4.69. The van der Waals surface area contributed by atoms with E-state index in [0.717, 1.165) is 57.9 Å². The molecule has 3 aliphatic heterocycles. The molecule has 25 heavy (non-hydrogen) atoms. The van der Waals surface area contributed by atoms with Gasteiger partial charge in [0, 0.05) is 69.7 Å². The van der Waals surface area contributed by atoms with E-state index >= 15 is 0 Å². The van der Waals surface area contributed by atoms with Gasteiger partial charge in [-0.1, -0.05) is 0 Å². The number of piperazine rings is 1. The van der Waals surface area contributed by atoms with E-state index in [-0.39, 0.29) is 5.91 Å². The number of likely N-dealkylation sites (tertiary alicyclic amines) is 1. The van der Waals surface area contributed by atoms with Crippen molar-refractivity contribution in [1.29, 1.82) is 0 Å². The smallest absolute Gasteiger partial charge is 0.253 e. The highest BCUT2D eigenvalue weighted by atomic mass is 16.2. The van der Waals surface area contributed by atoms with Gasteiger partial charge in [0.2, 0.25) is 0 Å². The molecule has 0 bridgehead atoms. The average molecular weight is 342 g/mol. The Bertz CT molecular complexity index is 595. The van der Waals surface area contributed by atoms with Crippen molar-refractivity contribution in [3.05, 3.63) is 29.8 Å². The number of hydrogen-bond donors (Lipinski definition) is 1. The zero-order valence-corrected chi connectivity index (χ0v) is 15.4. The van der Waals surface area contributed by atoms with Gasteiger partial charge in [0.25, 0.3) is 5.91 Å². The van der Waals surface area contributed by atoms with Crippen LogP contribution in [-0.4, -0.2) is 74.1 Å². The van der Waals surface area contributed by atoms with Gasteiger partial charge in [-0.2, -0.15) is 0 Å². The number of carbonyl (C=O) groups excluding carboxylic acids is 1. The molecule has 1 amide bonds. The zero-order chi connectivity index (χ0) is 17.4. The molecule has 1 aromatic carbocycles. The van der Waals surface area contributed by atoms with E-state index in [1.807, 2.05) is 17.0 Å². The summed E-state index contributed by atoms with van der Waals surface area (Å²) < 4.78 is 0. The fraction of sp³-hybridized carbons (Fsp3) is 0.650. The lowest BCUT2D eigenvalue weighted by atomic mass is 10.0. The third kappa shape index (κ3) is 3.40. The number of anilines is 1. The summed E-state index contributed by atoms with van der Waals surface area (Å²) in [5.74, 6) is 1.51. The van der Waals surface area contributed by atoms with Crippen LogP contribution in [0.15, 0.2) is 24.3 Å². The van der Waals surface area contributed by atoms with Crippen LogP contribution in [0.1, 0.15) is 24.2 Å². The fourth-order valence-corrected chi connectivity index (χ4v) is 4.52. The number of hydrogen-bond acceptors (Lipinski definition) is 4. The maximum atomic E-state index is 12.8. The topological polar surface area (TPSA) is 38.8 Å². The summed E-state index contributed by atoms with van der Waals surface area (Å²) in [6.45, 7) is 12.8. The maximum Gasteiger partial charge on any atom is 0.253 e. The number of amides is 1. The number of nitrogens with one attached hydrogen (secondary N) is 1. The van der Waals surface area contributed by atoms with Gasteiger partial charge in [-0.25, -0.2) is 0 Å². The molecule has 0 aliphatic carbocycles. The minimum Gasteiger partial charge on any atom is -0.369 e. The Morgan fingerprint density at radius 3 is 2.16 bits per heavy atom. The van der Waals surface area contributed by atoms with Crippen molar-refractivity contribution in [2.75, 3.05) is 57.3 Å². The third-order valence-electron chi connectivity index (χ3n) is 6.20. The Balaban J connectivity index is 1.36. The molecule has 0 aromatic heterocycles. The third-order valence-corrected chi connectivity index (χ3v) is 6.20. The second kappa shape index (κ2) is 6.96. The minimum absolute atomic E-state index is 0.200. The van der Waals surface area contributed by atoms with E-state index < -0.39 is 0 Å². The van der Waals surface area contributed by atoms with E-state index in [2.05, 4.69) is 41.1 Å². The van der Waals surface area contributed by atoms with Crippen LogP contribution in [0.3, 0.4) is 0 Å². The predicted octanol–water partition coefficient (Wildman–Crippen LogP) is 1.51. The number of fused-ring (bicyclic) bond motifs is 1. The highest BCUT2D eigenvalue weighted by molar-refractivity contribution is 5.94. The van der Waals surface area contributed by atoms with Gasteiger partial charge in [0.15, 0.2) is 0 Å². The summed E-state index contributed by atoms with van der Waals surface area (Å²) >= 11 is 0. The molecule has 5 nitrogen and oxygen atoms in total. The van der Waals surface area contributed by atoms with Crippen molar-refractivity contribution in [3.8, 4) is 0 Å². The summed E-state index contributed by atoms with van der Waals surface area (Å²) in [6.07, 6.45) is 0. The van der Waals surface area contributed by atoms with Crippen molar-refractivity contribution >= 4 is 11.6 Å². The molecule has 5 heteroatoms. The van der Waals surface area contributed by atoms with Crippen LogP contribution >= 0.6 is 0 Å². The monoisotopic (exact) mass is 342 g/mol. The van der Waals surface area contributed by atoms with Crippen LogP contribution in [-0.2, 0) is 0 Å². The summed E-state index contributed by atoms with van der Waals surface area (Å²) in [5, 5.41) is 3.43. The number of nitrogens with zero attached hydrogens (tertiary/aromatic N) is 3. The normalized spacial score (nSPS) is 27.2.